The minimum Gasteiger partial charge on any atom is -0.494 e. The molecule has 0 saturated carbocycles. The van der Waals surface area contributed by atoms with Gasteiger partial charge in [-0.2, -0.15) is 0 Å². The Morgan fingerprint density at radius 3 is 1.35 bits per heavy atom. The quantitative estimate of drug-likeness (QED) is 0.160. The first kappa shape index (κ1) is 25.7. The predicted molar refractivity (Wildman–Crippen MR) is 164 cm³/mol. The van der Waals surface area contributed by atoms with Gasteiger partial charge >= 0.3 is 0 Å². The summed E-state index contributed by atoms with van der Waals surface area (Å²) in [6, 6.07) is 14.4. The van der Waals surface area contributed by atoms with Crippen LogP contribution in [0.15, 0.2) is 97.1 Å². The molecule has 8 rings (SSSR count). The van der Waals surface area contributed by atoms with Crippen molar-refractivity contribution < 1.29 is 25.2 Å². The SMILES string of the molecule is C=CCC1=CC2CC1c1c2c(O)n(-c2ccc(Oc3ccc(-n4c(O)c5c(c4O)C4CC5C=C4CC=C)cc3)cc2)c1O. The molecule has 4 N–H and O–H groups in total. The number of allylic oxidation sites excluding steroid dienone is 6. The van der Waals surface area contributed by atoms with Crippen molar-refractivity contribution in [3.05, 3.63) is 119 Å². The molecule has 0 aliphatic heterocycles. The van der Waals surface area contributed by atoms with Crippen molar-refractivity contribution in [3.8, 4) is 46.4 Å². The first-order valence-corrected chi connectivity index (χ1v) is 14.7. The zero-order valence-electron chi connectivity index (χ0n) is 23.6. The highest BCUT2D eigenvalue weighted by atomic mass is 16.5. The lowest BCUT2D eigenvalue weighted by Gasteiger charge is -2.14. The van der Waals surface area contributed by atoms with Crippen LogP contribution in [0, 0.1) is 0 Å². The molecular formula is C36H32N2O5. The topological polar surface area (TPSA) is 100 Å². The van der Waals surface area contributed by atoms with Crippen LogP contribution in [0.25, 0.3) is 11.4 Å². The van der Waals surface area contributed by atoms with Crippen LogP contribution in [0.3, 0.4) is 0 Å². The van der Waals surface area contributed by atoms with Gasteiger partial charge in [0.15, 0.2) is 0 Å². The zero-order valence-corrected chi connectivity index (χ0v) is 23.6. The third kappa shape index (κ3) is 3.54. The molecule has 216 valence electrons. The molecule has 2 aromatic heterocycles. The summed E-state index contributed by atoms with van der Waals surface area (Å²) in [7, 11) is 0. The summed E-state index contributed by atoms with van der Waals surface area (Å²) in [4.78, 5) is 0. The number of nitrogens with zero attached hydrogens (tertiary/aromatic N) is 2. The van der Waals surface area contributed by atoms with E-state index in [1.165, 1.54) is 20.3 Å². The maximum absolute atomic E-state index is 11.1. The van der Waals surface area contributed by atoms with Gasteiger partial charge in [-0.25, -0.2) is 0 Å². The van der Waals surface area contributed by atoms with E-state index in [0.29, 0.717) is 22.9 Å². The van der Waals surface area contributed by atoms with Crippen LogP contribution in [0.1, 0.15) is 71.6 Å². The lowest BCUT2D eigenvalue weighted by molar-refractivity contribution is 0.394. The van der Waals surface area contributed by atoms with Gasteiger partial charge in [0, 0.05) is 45.9 Å². The van der Waals surface area contributed by atoms with Crippen molar-refractivity contribution in [3.63, 3.8) is 0 Å². The summed E-state index contributed by atoms with van der Waals surface area (Å²) < 4.78 is 9.07. The average molecular weight is 573 g/mol. The monoisotopic (exact) mass is 572 g/mol. The fourth-order valence-corrected chi connectivity index (χ4v) is 7.99. The summed E-state index contributed by atoms with van der Waals surface area (Å²) >= 11 is 0. The highest BCUT2D eigenvalue weighted by Crippen LogP contribution is 2.61. The Morgan fingerprint density at radius 2 is 0.977 bits per heavy atom. The zero-order chi connectivity index (χ0) is 29.6. The molecule has 0 spiro atoms. The fourth-order valence-electron chi connectivity index (χ4n) is 7.99. The normalized spacial score (nSPS) is 22.3. The Morgan fingerprint density at radius 1 is 0.605 bits per heavy atom. The standard InChI is InChI=1S/C36H32N2O5/c1-3-5-19-15-21-17-27(19)31-29(21)33(39)37(35(31)41)23-7-11-25(12-8-23)43-26-13-9-24(10-14-26)38-34(40)30-22-16-20(6-4-2)28(18-22)32(30)36(38)42/h3-4,7-16,21-22,27-28,39-42H,1-2,5-6,17-18H2. The predicted octanol–water partition coefficient (Wildman–Crippen LogP) is 8.06. The molecule has 4 aliphatic carbocycles. The van der Waals surface area contributed by atoms with E-state index >= 15 is 0 Å². The van der Waals surface area contributed by atoms with Crippen LogP contribution in [0.2, 0.25) is 0 Å². The first-order chi connectivity index (χ1) is 20.9. The fraction of sp³-hybridized carbons (Fsp3) is 0.222. The highest BCUT2D eigenvalue weighted by Gasteiger charge is 2.45. The largest absolute Gasteiger partial charge is 0.494 e. The summed E-state index contributed by atoms with van der Waals surface area (Å²) in [6.45, 7) is 7.70. The van der Waals surface area contributed by atoms with Gasteiger partial charge in [-0.05, 0) is 74.2 Å². The lowest BCUT2D eigenvalue weighted by Crippen LogP contribution is -1.98. The molecule has 4 unspecified atom stereocenters. The molecule has 4 bridgehead atoms. The van der Waals surface area contributed by atoms with Gasteiger partial charge < -0.3 is 25.2 Å². The smallest absolute Gasteiger partial charge is 0.202 e. The average Bonchev–Trinajstić information content (AvgIpc) is 3.83. The summed E-state index contributed by atoms with van der Waals surface area (Å²) in [5.74, 6) is 1.99. The van der Waals surface area contributed by atoms with E-state index < -0.39 is 0 Å². The maximum Gasteiger partial charge on any atom is 0.202 e. The number of rotatable bonds is 8. The molecule has 0 fully saturated rings. The van der Waals surface area contributed by atoms with Crippen molar-refractivity contribution in [2.75, 3.05) is 0 Å². The van der Waals surface area contributed by atoms with Crippen molar-refractivity contribution in [1.82, 2.24) is 9.13 Å². The molecule has 2 aromatic carbocycles. The summed E-state index contributed by atoms with van der Waals surface area (Å²) in [5.41, 5.74) is 7.09. The Bertz CT molecular complexity index is 1750. The third-order valence-corrected chi connectivity index (χ3v) is 9.72. The maximum atomic E-state index is 11.1. The van der Waals surface area contributed by atoms with Gasteiger partial charge in [-0.3, -0.25) is 9.13 Å². The molecule has 4 aliphatic rings. The molecule has 4 atom stereocenters. The second kappa shape index (κ2) is 9.23. The number of aromatic hydroxyl groups is 4. The van der Waals surface area contributed by atoms with E-state index in [0.717, 1.165) is 47.9 Å². The van der Waals surface area contributed by atoms with E-state index in [1.54, 1.807) is 48.5 Å². The molecule has 0 radical (unpaired) electrons. The summed E-state index contributed by atoms with van der Waals surface area (Å²) in [5, 5.41) is 44.4. The molecule has 7 nitrogen and oxygen atoms in total. The number of hydrogen-bond acceptors (Lipinski definition) is 5. The molecule has 0 amide bonds. The molecule has 4 aromatic rings. The molecule has 2 heterocycles. The summed E-state index contributed by atoms with van der Waals surface area (Å²) in [6.07, 6.45) is 11.5. The van der Waals surface area contributed by atoms with Crippen LogP contribution in [0.4, 0.5) is 0 Å². The molecule has 43 heavy (non-hydrogen) atoms. The number of ether oxygens (including phenoxy) is 1. The number of hydrogen-bond donors (Lipinski definition) is 4. The van der Waals surface area contributed by atoms with Crippen molar-refractivity contribution in [2.45, 2.75) is 49.4 Å². The Balaban J connectivity index is 1.01. The van der Waals surface area contributed by atoms with Gasteiger partial charge in [0.05, 0.1) is 11.4 Å². The van der Waals surface area contributed by atoms with E-state index in [4.69, 9.17) is 4.74 Å². The van der Waals surface area contributed by atoms with Gasteiger partial charge in [-0.1, -0.05) is 35.5 Å². The number of fused-ring (bicyclic) bond motifs is 10. The Kier molecular flexibility index (Phi) is 5.51. The highest BCUT2D eigenvalue weighted by molar-refractivity contribution is 5.65. The van der Waals surface area contributed by atoms with Gasteiger partial charge in [-0.15, -0.1) is 13.2 Å². The van der Waals surface area contributed by atoms with Crippen LogP contribution in [-0.2, 0) is 0 Å². The third-order valence-electron chi connectivity index (χ3n) is 9.72. The number of aromatic nitrogens is 2. The number of benzene rings is 2. The van der Waals surface area contributed by atoms with Crippen molar-refractivity contribution >= 4 is 0 Å². The van der Waals surface area contributed by atoms with Gasteiger partial charge in [0.2, 0.25) is 23.5 Å². The van der Waals surface area contributed by atoms with E-state index in [2.05, 4.69) is 25.3 Å². The van der Waals surface area contributed by atoms with E-state index in [-0.39, 0.29) is 47.2 Å². The first-order valence-electron chi connectivity index (χ1n) is 14.7. The second-order valence-corrected chi connectivity index (χ2v) is 12.0. The lowest BCUT2D eigenvalue weighted by atomic mass is 9.92. The van der Waals surface area contributed by atoms with Crippen molar-refractivity contribution in [2.24, 2.45) is 0 Å². The Hall–Kier alpha value is -5.04. The van der Waals surface area contributed by atoms with Crippen LogP contribution < -0.4 is 4.74 Å². The second-order valence-electron chi connectivity index (χ2n) is 12.0. The van der Waals surface area contributed by atoms with Gasteiger partial charge in [0.25, 0.3) is 0 Å². The molecule has 7 heteroatoms. The van der Waals surface area contributed by atoms with Crippen LogP contribution in [-0.4, -0.2) is 29.6 Å². The Labute approximate surface area is 249 Å². The minimum absolute atomic E-state index is 0.0846. The van der Waals surface area contributed by atoms with E-state index in [1.807, 2.05) is 12.2 Å². The molecular weight excluding hydrogens is 540 g/mol. The van der Waals surface area contributed by atoms with Gasteiger partial charge in [0.1, 0.15) is 11.5 Å². The van der Waals surface area contributed by atoms with E-state index in [9.17, 15) is 20.4 Å². The minimum atomic E-state index is 0.0846. The van der Waals surface area contributed by atoms with Crippen molar-refractivity contribution in [1.29, 1.82) is 0 Å². The van der Waals surface area contributed by atoms with Crippen LogP contribution >= 0.6 is 0 Å². The molecule has 0 saturated heterocycles. The van der Waals surface area contributed by atoms with Crippen LogP contribution in [0.5, 0.6) is 35.0 Å².